The summed E-state index contributed by atoms with van der Waals surface area (Å²) in [6.07, 6.45) is 1.90. The lowest BCUT2D eigenvalue weighted by Gasteiger charge is -2.11. The monoisotopic (exact) mass is 276 g/mol. The number of aryl methyl sites for hydroxylation is 1. The summed E-state index contributed by atoms with van der Waals surface area (Å²) in [5, 5.41) is 13.0. The van der Waals surface area contributed by atoms with Crippen LogP contribution in [0.3, 0.4) is 0 Å². The molecule has 8 heteroatoms. The smallest absolute Gasteiger partial charge is 0.256 e. The first-order valence-electron chi connectivity index (χ1n) is 6.21. The van der Waals surface area contributed by atoms with Gasteiger partial charge in [-0.25, -0.2) is 4.98 Å². The van der Waals surface area contributed by atoms with Gasteiger partial charge in [0.25, 0.3) is 5.78 Å². The van der Waals surface area contributed by atoms with Crippen LogP contribution in [0.4, 0.5) is 5.95 Å². The Balaban J connectivity index is 2.05. The van der Waals surface area contributed by atoms with Gasteiger partial charge >= 0.3 is 0 Å². The van der Waals surface area contributed by atoms with E-state index in [2.05, 4.69) is 25.8 Å². The molecule has 0 saturated heterocycles. The van der Waals surface area contributed by atoms with Gasteiger partial charge in [0.05, 0.1) is 0 Å². The number of anilines is 1. The lowest BCUT2D eigenvalue weighted by atomic mass is 10.2. The average molecular weight is 276 g/mol. The Bertz CT molecular complexity index is 650. The molecule has 0 saturated carbocycles. The summed E-state index contributed by atoms with van der Waals surface area (Å²) in [7, 11) is 0. The van der Waals surface area contributed by atoms with Crippen LogP contribution >= 0.6 is 0 Å². The lowest BCUT2D eigenvalue weighted by Crippen LogP contribution is -2.34. The SMILES string of the molecule is CC(=O)NC(C)CC(=O)Nc1nnc2nc(C)ccn12. The molecule has 20 heavy (non-hydrogen) atoms. The van der Waals surface area contributed by atoms with Crippen LogP contribution in [0.2, 0.25) is 0 Å². The summed E-state index contributed by atoms with van der Waals surface area (Å²) in [5.74, 6) is 0.321. The number of hydrogen-bond acceptors (Lipinski definition) is 5. The highest BCUT2D eigenvalue weighted by Crippen LogP contribution is 2.07. The van der Waals surface area contributed by atoms with Crippen LogP contribution < -0.4 is 10.6 Å². The molecule has 0 aliphatic rings. The minimum absolute atomic E-state index is 0.160. The Kier molecular flexibility index (Phi) is 3.92. The van der Waals surface area contributed by atoms with Crippen molar-refractivity contribution in [1.82, 2.24) is 24.9 Å². The van der Waals surface area contributed by atoms with Crippen LogP contribution in [0.15, 0.2) is 12.3 Å². The topological polar surface area (TPSA) is 101 Å². The maximum absolute atomic E-state index is 11.8. The van der Waals surface area contributed by atoms with E-state index in [9.17, 15) is 9.59 Å². The molecule has 2 N–H and O–H groups in total. The van der Waals surface area contributed by atoms with Crippen molar-refractivity contribution in [2.24, 2.45) is 0 Å². The van der Waals surface area contributed by atoms with E-state index in [1.54, 1.807) is 23.6 Å². The highest BCUT2D eigenvalue weighted by atomic mass is 16.2. The quantitative estimate of drug-likeness (QED) is 0.835. The number of amides is 2. The Morgan fingerprint density at radius 3 is 2.85 bits per heavy atom. The van der Waals surface area contributed by atoms with Gasteiger partial charge < -0.3 is 5.32 Å². The van der Waals surface area contributed by atoms with Gasteiger partial charge in [-0.05, 0) is 19.9 Å². The zero-order valence-electron chi connectivity index (χ0n) is 11.5. The second kappa shape index (κ2) is 5.64. The van der Waals surface area contributed by atoms with E-state index in [0.717, 1.165) is 5.69 Å². The Hall–Kier alpha value is -2.51. The molecule has 2 aromatic rings. The fourth-order valence-electron chi connectivity index (χ4n) is 1.81. The summed E-state index contributed by atoms with van der Waals surface area (Å²) in [6.45, 7) is 5.02. The van der Waals surface area contributed by atoms with E-state index in [-0.39, 0.29) is 24.3 Å². The molecule has 2 rings (SSSR count). The molecular weight excluding hydrogens is 260 g/mol. The molecule has 2 heterocycles. The molecule has 2 amide bonds. The molecule has 1 atom stereocenters. The van der Waals surface area contributed by atoms with Gasteiger partial charge in [0.15, 0.2) is 0 Å². The third-order valence-corrected chi connectivity index (χ3v) is 2.61. The van der Waals surface area contributed by atoms with E-state index in [0.29, 0.717) is 11.7 Å². The first-order valence-corrected chi connectivity index (χ1v) is 6.21. The van der Waals surface area contributed by atoms with Crippen molar-refractivity contribution in [1.29, 1.82) is 0 Å². The summed E-state index contributed by atoms with van der Waals surface area (Å²) in [6, 6.07) is 1.55. The number of nitrogens with one attached hydrogen (secondary N) is 2. The number of aromatic nitrogens is 4. The predicted molar refractivity (Wildman–Crippen MR) is 72.0 cm³/mol. The van der Waals surface area contributed by atoms with Crippen LogP contribution in [0.1, 0.15) is 26.0 Å². The number of carbonyl (C=O) groups is 2. The van der Waals surface area contributed by atoms with Crippen molar-refractivity contribution in [3.8, 4) is 0 Å². The van der Waals surface area contributed by atoms with E-state index in [1.807, 2.05) is 6.92 Å². The second-order valence-corrected chi connectivity index (χ2v) is 4.62. The minimum Gasteiger partial charge on any atom is -0.353 e. The molecule has 0 fully saturated rings. The zero-order valence-corrected chi connectivity index (χ0v) is 11.5. The Morgan fingerprint density at radius 2 is 2.15 bits per heavy atom. The van der Waals surface area contributed by atoms with Crippen LogP contribution in [0.5, 0.6) is 0 Å². The molecule has 2 aromatic heterocycles. The zero-order chi connectivity index (χ0) is 14.7. The number of nitrogens with zero attached hydrogens (tertiary/aromatic N) is 4. The van der Waals surface area contributed by atoms with E-state index in [1.165, 1.54) is 6.92 Å². The van der Waals surface area contributed by atoms with Crippen molar-refractivity contribution in [3.05, 3.63) is 18.0 Å². The molecular formula is C12H16N6O2. The van der Waals surface area contributed by atoms with Gasteiger partial charge in [-0.3, -0.25) is 19.3 Å². The fraction of sp³-hybridized carbons (Fsp3) is 0.417. The summed E-state index contributed by atoms with van der Waals surface area (Å²) >= 11 is 0. The molecule has 0 spiro atoms. The van der Waals surface area contributed by atoms with Gasteiger partial charge in [0, 0.05) is 31.3 Å². The van der Waals surface area contributed by atoms with E-state index >= 15 is 0 Å². The molecule has 0 aromatic carbocycles. The molecule has 0 aliphatic carbocycles. The van der Waals surface area contributed by atoms with Crippen LogP contribution in [0, 0.1) is 6.92 Å². The molecule has 106 valence electrons. The minimum atomic E-state index is -0.249. The Labute approximate surface area is 115 Å². The molecule has 0 bridgehead atoms. The summed E-state index contributed by atoms with van der Waals surface area (Å²) in [5.41, 5.74) is 0.821. The highest BCUT2D eigenvalue weighted by Gasteiger charge is 2.13. The third-order valence-electron chi connectivity index (χ3n) is 2.61. The first-order chi connectivity index (χ1) is 9.45. The van der Waals surface area contributed by atoms with Crippen molar-refractivity contribution in [3.63, 3.8) is 0 Å². The van der Waals surface area contributed by atoms with Crippen LogP contribution in [0.25, 0.3) is 5.78 Å². The maximum Gasteiger partial charge on any atom is 0.256 e. The standard InChI is InChI=1S/C12H16N6O2/c1-7-4-5-18-11(14-7)16-17-12(18)15-10(20)6-8(2)13-9(3)19/h4-5,8H,6H2,1-3H3,(H,13,19)(H,15,17,20). The van der Waals surface area contributed by atoms with Gasteiger partial charge in [0.2, 0.25) is 17.8 Å². The second-order valence-electron chi connectivity index (χ2n) is 4.62. The molecule has 0 radical (unpaired) electrons. The maximum atomic E-state index is 11.8. The molecule has 0 aliphatic heterocycles. The largest absolute Gasteiger partial charge is 0.353 e. The molecule has 1 unspecified atom stereocenters. The number of hydrogen-bond donors (Lipinski definition) is 2. The van der Waals surface area contributed by atoms with Crippen molar-refractivity contribution >= 4 is 23.5 Å². The van der Waals surface area contributed by atoms with Gasteiger partial charge in [-0.15, -0.1) is 10.2 Å². The average Bonchev–Trinajstić information content (AvgIpc) is 2.70. The van der Waals surface area contributed by atoms with Crippen molar-refractivity contribution in [2.45, 2.75) is 33.2 Å². The number of fused-ring (bicyclic) bond motifs is 1. The lowest BCUT2D eigenvalue weighted by molar-refractivity contribution is -0.120. The van der Waals surface area contributed by atoms with E-state index in [4.69, 9.17) is 0 Å². The Morgan fingerprint density at radius 1 is 1.40 bits per heavy atom. The van der Waals surface area contributed by atoms with Crippen LogP contribution in [-0.2, 0) is 9.59 Å². The summed E-state index contributed by atoms with van der Waals surface area (Å²) < 4.78 is 1.59. The first kappa shape index (κ1) is 13.9. The van der Waals surface area contributed by atoms with Gasteiger partial charge in [0.1, 0.15) is 0 Å². The highest BCUT2D eigenvalue weighted by molar-refractivity contribution is 5.90. The van der Waals surface area contributed by atoms with Gasteiger partial charge in [-0.2, -0.15) is 0 Å². The summed E-state index contributed by atoms with van der Waals surface area (Å²) in [4.78, 5) is 26.9. The van der Waals surface area contributed by atoms with Crippen molar-refractivity contribution in [2.75, 3.05) is 5.32 Å². The van der Waals surface area contributed by atoms with Crippen molar-refractivity contribution < 1.29 is 9.59 Å². The van der Waals surface area contributed by atoms with Crippen LogP contribution in [-0.4, -0.2) is 37.4 Å². The van der Waals surface area contributed by atoms with E-state index < -0.39 is 0 Å². The number of rotatable bonds is 4. The molecule has 8 nitrogen and oxygen atoms in total. The fourth-order valence-corrected chi connectivity index (χ4v) is 1.81. The normalized spacial score (nSPS) is 12.2. The third kappa shape index (κ3) is 3.28. The predicted octanol–water partition coefficient (Wildman–Crippen LogP) is 0.286. The van der Waals surface area contributed by atoms with Gasteiger partial charge in [-0.1, -0.05) is 0 Å². The number of carbonyl (C=O) groups excluding carboxylic acids is 2.